The van der Waals surface area contributed by atoms with E-state index < -0.39 is 0 Å². The van der Waals surface area contributed by atoms with E-state index >= 15 is 0 Å². The highest BCUT2D eigenvalue weighted by Gasteiger charge is 2.05. The van der Waals surface area contributed by atoms with Crippen molar-refractivity contribution < 1.29 is 9.53 Å². The normalized spacial score (nSPS) is 10.4. The van der Waals surface area contributed by atoms with Gasteiger partial charge in [-0.1, -0.05) is 0 Å². The minimum Gasteiger partial charge on any atom is -0.494 e. The second-order valence-electron chi connectivity index (χ2n) is 5.13. The van der Waals surface area contributed by atoms with E-state index in [-0.39, 0.29) is 5.91 Å². The summed E-state index contributed by atoms with van der Waals surface area (Å²) in [6.07, 6.45) is 3.11. The third-order valence-electron chi connectivity index (χ3n) is 3.34. The third kappa shape index (κ3) is 4.84. The van der Waals surface area contributed by atoms with Crippen LogP contribution in [0.2, 0.25) is 0 Å². The van der Waals surface area contributed by atoms with E-state index in [1.54, 1.807) is 11.0 Å². The largest absolute Gasteiger partial charge is 0.494 e. The Morgan fingerprint density at radius 3 is 2.56 bits per heavy atom. The van der Waals surface area contributed by atoms with Crippen LogP contribution < -0.4 is 10.1 Å². The molecule has 3 aromatic rings. The number of ether oxygens (including phenoxy) is 1. The first-order valence-electron chi connectivity index (χ1n) is 7.85. The topological polar surface area (TPSA) is 69.0 Å². The molecule has 0 atom stereocenters. The highest BCUT2D eigenvalue weighted by Crippen LogP contribution is 2.22. The number of rotatable bonds is 7. The molecule has 0 radical (unpaired) electrons. The molecule has 3 rings (SSSR count). The van der Waals surface area contributed by atoms with Crippen molar-refractivity contribution in [3.63, 3.8) is 0 Å². The van der Waals surface area contributed by atoms with Crippen molar-refractivity contribution >= 4 is 23.4 Å². The summed E-state index contributed by atoms with van der Waals surface area (Å²) < 4.78 is 7.06. The molecule has 0 aliphatic rings. The van der Waals surface area contributed by atoms with E-state index in [1.165, 1.54) is 18.1 Å². The lowest BCUT2D eigenvalue weighted by atomic mass is 10.3. The van der Waals surface area contributed by atoms with Gasteiger partial charge < -0.3 is 10.1 Å². The van der Waals surface area contributed by atoms with Gasteiger partial charge in [-0.05, 0) is 55.5 Å². The fraction of sp³-hybridized carbons (Fsp3) is 0.167. The summed E-state index contributed by atoms with van der Waals surface area (Å²) in [6, 6.07) is 15.2. The average Bonchev–Trinajstić information content (AvgIpc) is 3.17. The maximum atomic E-state index is 12.1. The standard InChI is InChI=1S/C18H18N4O2S/c1-2-24-16-7-9-17(10-8-16)25-11-18(23)21-14-3-5-15(6-4-14)22-13-19-12-20-22/h3-10,12-13H,2,11H2,1H3,(H,21,23). The van der Waals surface area contributed by atoms with Gasteiger partial charge in [0.05, 0.1) is 18.0 Å². The predicted molar refractivity (Wildman–Crippen MR) is 98.3 cm³/mol. The zero-order valence-electron chi connectivity index (χ0n) is 13.8. The molecule has 0 aliphatic carbocycles. The molecule has 1 heterocycles. The van der Waals surface area contributed by atoms with Gasteiger partial charge in [-0.25, -0.2) is 9.67 Å². The Balaban J connectivity index is 1.50. The lowest BCUT2D eigenvalue weighted by Crippen LogP contribution is -2.13. The van der Waals surface area contributed by atoms with E-state index in [4.69, 9.17) is 4.74 Å². The van der Waals surface area contributed by atoms with Gasteiger partial charge >= 0.3 is 0 Å². The summed E-state index contributed by atoms with van der Waals surface area (Å²) in [6.45, 7) is 2.59. The predicted octanol–water partition coefficient (Wildman–Crippen LogP) is 3.40. The van der Waals surface area contributed by atoms with Gasteiger partial charge in [0.2, 0.25) is 5.91 Å². The van der Waals surface area contributed by atoms with E-state index in [2.05, 4.69) is 15.4 Å². The van der Waals surface area contributed by atoms with Gasteiger partial charge in [-0.3, -0.25) is 4.79 Å². The monoisotopic (exact) mass is 354 g/mol. The Hall–Kier alpha value is -2.80. The summed E-state index contributed by atoms with van der Waals surface area (Å²) in [5, 5.41) is 6.95. The Morgan fingerprint density at radius 2 is 1.92 bits per heavy atom. The SMILES string of the molecule is CCOc1ccc(SCC(=O)Nc2ccc(-n3cncn3)cc2)cc1. The Kier molecular flexibility index (Phi) is 5.69. The molecule has 0 saturated carbocycles. The van der Waals surface area contributed by atoms with Crippen LogP contribution in [-0.4, -0.2) is 33.0 Å². The number of carbonyl (C=O) groups is 1. The molecular weight excluding hydrogens is 336 g/mol. The molecule has 1 N–H and O–H groups in total. The zero-order chi connectivity index (χ0) is 17.5. The summed E-state index contributed by atoms with van der Waals surface area (Å²) in [5.74, 6) is 1.13. The molecule has 0 bridgehead atoms. The maximum absolute atomic E-state index is 12.1. The van der Waals surface area contributed by atoms with Crippen LogP contribution >= 0.6 is 11.8 Å². The Morgan fingerprint density at radius 1 is 1.16 bits per heavy atom. The minimum absolute atomic E-state index is 0.0487. The fourth-order valence-corrected chi connectivity index (χ4v) is 2.88. The van der Waals surface area contributed by atoms with Crippen molar-refractivity contribution in [1.29, 1.82) is 0 Å². The summed E-state index contributed by atoms with van der Waals surface area (Å²) in [4.78, 5) is 17.0. The first kappa shape index (κ1) is 17.0. The molecule has 0 unspecified atom stereocenters. The van der Waals surface area contributed by atoms with Crippen molar-refractivity contribution in [3.8, 4) is 11.4 Å². The van der Waals surface area contributed by atoms with Crippen LogP contribution in [0.15, 0.2) is 66.1 Å². The maximum Gasteiger partial charge on any atom is 0.234 e. The molecule has 25 heavy (non-hydrogen) atoms. The van der Waals surface area contributed by atoms with Crippen LogP contribution in [0.4, 0.5) is 5.69 Å². The first-order valence-corrected chi connectivity index (χ1v) is 8.84. The van der Waals surface area contributed by atoms with Crippen molar-refractivity contribution in [1.82, 2.24) is 14.8 Å². The zero-order valence-corrected chi connectivity index (χ0v) is 14.6. The van der Waals surface area contributed by atoms with Crippen molar-refractivity contribution in [2.45, 2.75) is 11.8 Å². The fourth-order valence-electron chi connectivity index (χ4n) is 2.18. The number of nitrogens with zero attached hydrogens (tertiary/aromatic N) is 3. The lowest BCUT2D eigenvalue weighted by molar-refractivity contribution is -0.113. The number of nitrogens with one attached hydrogen (secondary N) is 1. The van der Waals surface area contributed by atoms with Gasteiger partial charge in [-0.15, -0.1) is 11.8 Å². The van der Waals surface area contributed by atoms with Crippen molar-refractivity contribution in [2.24, 2.45) is 0 Å². The van der Waals surface area contributed by atoms with Crippen LogP contribution in [0, 0.1) is 0 Å². The van der Waals surface area contributed by atoms with E-state index in [1.807, 2.05) is 55.5 Å². The van der Waals surface area contributed by atoms with Gasteiger partial charge in [0.1, 0.15) is 18.4 Å². The molecule has 128 valence electrons. The summed E-state index contributed by atoms with van der Waals surface area (Å²) in [5.41, 5.74) is 1.64. The smallest absolute Gasteiger partial charge is 0.234 e. The number of carbonyl (C=O) groups excluding carboxylic acids is 1. The molecule has 1 aromatic heterocycles. The minimum atomic E-state index is -0.0487. The quantitative estimate of drug-likeness (QED) is 0.659. The number of hydrogen-bond donors (Lipinski definition) is 1. The van der Waals surface area contributed by atoms with Gasteiger partial charge in [-0.2, -0.15) is 5.10 Å². The number of anilines is 1. The molecule has 2 aromatic carbocycles. The highest BCUT2D eigenvalue weighted by atomic mass is 32.2. The Labute approximate surface area is 150 Å². The molecule has 1 amide bonds. The molecule has 0 spiro atoms. The molecule has 6 nitrogen and oxygen atoms in total. The van der Waals surface area contributed by atoms with E-state index in [0.29, 0.717) is 12.4 Å². The average molecular weight is 354 g/mol. The van der Waals surface area contributed by atoms with E-state index in [9.17, 15) is 4.79 Å². The van der Waals surface area contributed by atoms with Crippen molar-refractivity contribution in [2.75, 3.05) is 17.7 Å². The second-order valence-corrected chi connectivity index (χ2v) is 6.18. The summed E-state index contributed by atoms with van der Waals surface area (Å²) >= 11 is 1.49. The van der Waals surface area contributed by atoms with Crippen LogP contribution in [0.25, 0.3) is 5.69 Å². The molecule has 7 heteroatoms. The molecule has 0 fully saturated rings. The molecular formula is C18H18N4O2S. The van der Waals surface area contributed by atoms with Crippen molar-refractivity contribution in [3.05, 3.63) is 61.2 Å². The van der Waals surface area contributed by atoms with Crippen LogP contribution in [-0.2, 0) is 4.79 Å². The molecule has 0 saturated heterocycles. The van der Waals surface area contributed by atoms with E-state index in [0.717, 1.165) is 22.0 Å². The second kappa shape index (κ2) is 8.34. The summed E-state index contributed by atoms with van der Waals surface area (Å²) in [7, 11) is 0. The lowest BCUT2D eigenvalue weighted by Gasteiger charge is -2.07. The number of thioether (sulfide) groups is 1. The van der Waals surface area contributed by atoms with Gasteiger partial charge in [0, 0.05) is 10.6 Å². The highest BCUT2D eigenvalue weighted by molar-refractivity contribution is 8.00. The van der Waals surface area contributed by atoms with Gasteiger partial charge in [0.25, 0.3) is 0 Å². The number of benzene rings is 2. The number of aromatic nitrogens is 3. The number of amides is 1. The number of hydrogen-bond acceptors (Lipinski definition) is 5. The van der Waals surface area contributed by atoms with Crippen LogP contribution in [0.3, 0.4) is 0 Å². The third-order valence-corrected chi connectivity index (χ3v) is 4.35. The van der Waals surface area contributed by atoms with Crippen LogP contribution in [0.1, 0.15) is 6.92 Å². The first-order chi connectivity index (χ1) is 12.2. The van der Waals surface area contributed by atoms with Crippen LogP contribution in [0.5, 0.6) is 5.75 Å². The molecule has 0 aliphatic heterocycles. The Bertz CT molecular complexity index is 802. The van der Waals surface area contributed by atoms with Gasteiger partial charge in [0.15, 0.2) is 0 Å².